The van der Waals surface area contributed by atoms with E-state index in [4.69, 9.17) is 16.3 Å². The highest BCUT2D eigenvalue weighted by molar-refractivity contribution is 6.28. The normalized spacial score (nSPS) is 23.6. The van der Waals surface area contributed by atoms with Crippen LogP contribution < -0.4 is 5.32 Å². The third kappa shape index (κ3) is 2.62. The zero-order chi connectivity index (χ0) is 12.5. The van der Waals surface area contributed by atoms with E-state index < -0.39 is 4.92 Å². The van der Waals surface area contributed by atoms with Gasteiger partial charge >= 0.3 is 5.69 Å². The number of hydrogen-bond acceptors (Lipinski definition) is 6. The molecule has 0 aliphatic carbocycles. The second-order valence-electron chi connectivity index (χ2n) is 4.12. The van der Waals surface area contributed by atoms with Crippen LogP contribution in [0.15, 0.2) is 6.20 Å². The van der Waals surface area contributed by atoms with Crippen LogP contribution in [0, 0.1) is 10.1 Å². The van der Waals surface area contributed by atoms with Crippen molar-refractivity contribution < 1.29 is 9.66 Å². The van der Waals surface area contributed by atoms with Crippen molar-refractivity contribution in [2.45, 2.75) is 18.9 Å². The van der Waals surface area contributed by atoms with Gasteiger partial charge in [0.15, 0.2) is 0 Å². The zero-order valence-corrected chi connectivity index (χ0v) is 9.90. The first-order valence-electron chi connectivity index (χ1n) is 5.03. The Labute approximate surface area is 102 Å². The Hall–Kier alpha value is -1.47. The lowest BCUT2D eigenvalue weighted by atomic mass is 10.0. The zero-order valence-electron chi connectivity index (χ0n) is 9.14. The minimum atomic E-state index is -0.544. The van der Waals surface area contributed by atoms with Gasteiger partial charge in [-0.25, -0.2) is 4.98 Å². The number of hydrogen-bond donors (Lipinski definition) is 1. The average molecular weight is 259 g/mol. The van der Waals surface area contributed by atoms with Gasteiger partial charge in [-0.3, -0.25) is 10.1 Å². The van der Waals surface area contributed by atoms with Crippen LogP contribution in [0.2, 0.25) is 5.28 Å². The quantitative estimate of drug-likeness (QED) is 0.503. The Morgan fingerprint density at radius 3 is 3.06 bits per heavy atom. The third-order valence-electron chi connectivity index (χ3n) is 2.58. The van der Waals surface area contributed by atoms with Crippen LogP contribution in [-0.4, -0.2) is 33.6 Å². The Balaban J connectivity index is 2.30. The SMILES string of the molecule is CC1(Nc2nc(Cl)ncc2[N+](=O)[O-])CCOC1. The van der Waals surface area contributed by atoms with Gasteiger partial charge in [0.1, 0.15) is 6.20 Å². The number of nitrogens with one attached hydrogen (secondary N) is 1. The van der Waals surface area contributed by atoms with E-state index in [1.165, 1.54) is 0 Å². The third-order valence-corrected chi connectivity index (χ3v) is 2.76. The largest absolute Gasteiger partial charge is 0.379 e. The molecular formula is C9H11ClN4O3. The van der Waals surface area contributed by atoms with Crippen molar-refractivity contribution in [2.24, 2.45) is 0 Å². The molecule has 0 bridgehead atoms. The molecule has 92 valence electrons. The standard InChI is InChI=1S/C9H11ClN4O3/c1-9(2-3-17-5-9)13-7-6(14(15)16)4-11-8(10)12-7/h4H,2-3,5H2,1H3,(H,11,12,13). The highest BCUT2D eigenvalue weighted by Gasteiger charge is 2.32. The lowest BCUT2D eigenvalue weighted by Gasteiger charge is -2.23. The Bertz CT molecular complexity index is 448. The van der Waals surface area contributed by atoms with E-state index in [0.29, 0.717) is 13.2 Å². The van der Waals surface area contributed by atoms with Crippen molar-refractivity contribution in [1.82, 2.24) is 9.97 Å². The van der Waals surface area contributed by atoms with Gasteiger partial charge in [-0.05, 0) is 24.9 Å². The molecule has 2 rings (SSSR count). The first-order chi connectivity index (χ1) is 8.00. The molecule has 1 atom stereocenters. The lowest BCUT2D eigenvalue weighted by molar-refractivity contribution is -0.384. The Morgan fingerprint density at radius 1 is 1.71 bits per heavy atom. The van der Waals surface area contributed by atoms with Crippen LogP contribution >= 0.6 is 11.6 Å². The predicted molar refractivity (Wildman–Crippen MR) is 61.2 cm³/mol. The van der Waals surface area contributed by atoms with E-state index in [9.17, 15) is 10.1 Å². The second kappa shape index (κ2) is 4.42. The van der Waals surface area contributed by atoms with Gasteiger partial charge in [0.2, 0.25) is 11.1 Å². The summed E-state index contributed by atoms with van der Waals surface area (Å²) in [7, 11) is 0. The molecule has 1 fully saturated rings. The van der Waals surface area contributed by atoms with Gasteiger partial charge in [0, 0.05) is 6.61 Å². The monoisotopic (exact) mass is 258 g/mol. The van der Waals surface area contributed by atoms with E-state index in [0.717, 1.165) is 12.6 Å². The van der Waals surface area contributed by atoms with Gasteiger partial charge < -0.3 is 10.1 Å². The summed E-state index contributed by atoms with van der Waals surface area (Å²) in [6.45, 7) is 3.02. The molecule has 1 aliphatic heterocycles. The summed E-state index contributed by atoms with van der Waals surface area (Å²) in [5.74, 6) is 0.128. The molecule has 1 aromatic rings. The molecule has 1 aromatic heterocycles. The molecule has 2 heterocycles. The maximum Gasteiger partial charge on any atom is 0.329 e. The highest BCUT2D eigenvalue weighted by atomic mass is 35.5. The van der Waals surface area contributed by atoms with Gasteiger partial charge in [-0.15, -0.1) is 0 Å². The van der Waals surface area contributed by atoms with E-state index in [2.05, 4.69) is 15.3 Å². The molecule has 0 saturated carbocycles. The smallest absolute Gasteiger partial charge is 0.329 e. The van der Waals surface area contributed by atoms with Crippen molar-refractivity contribution in [2.75, 3.05) is 18.5 Å². The highest BCUT2D eigenvalue weighted by Crippen LogP contribution is 2.28. The van der Waals surface area contributed by atoms with Gasteiger partial charge in [-0.2, -0.15) is 4.98 Å². The maximum absolute atomic E-state index is 10.8. The van der Waals surface area contributed by atoms with Crippen LogP contribution in [0.5, 0.6) is 0 Å². The first-order valence-corrected chi connectivity index (χ1v) is 5.41. The summed E-state index contributed by atoms with van der Waals surface area (Å²) >= 11 is 5.64. The van der Waals surface area contributed by atoms with Crippen LogP contribution in [0.3, 0.4) is 0 Å². The number of aromatic nitrogens is 2. The first kappa shape index (κ1) is 12.0. The number of ether oxygens (including phenoxy) is 1. The molecular weight excluding hydrogens is 248 g/mol. The van der Waals surface area contributed by atoms with Crippen LogP contribution in [-0.2, 0) is 4.74 Å². The fourth-order valence-electron chi connectivity index (χ4n) is 1.63. The molecule has 1 N–H and O–H groups in total. The Kier molecular flexibility index (Phi) is 3.12. The molecule has 0 amide bonds. The van der Waals surface area contributed by atoms with E-state index >= 15 is 0 Å². The van der Waals surface area contributed by atoms with Crippen molar-refractivity contribution >= 4 is 23.1 Å². The fraction of sp³-hybridized carbons (Fsp3) is 0.556. The molecule has 0 aromatic carbocycles. The summed E-state index contributed by atoms with van der Waals surface area (Å²) in [6, 6.07) is 0. The van der Waals surface area contributed by atoms with Crippen LogP contribution in [0.25, 0.3) is 0 Å². The number of nitrogens with zero attached hydrogens (tertiary/aromatic N) is 3. The van der Waals surface area contributed by atoms with E-state index in [1.54, 1.807) is 0 Å². The van der Waals surface area contributed by atoms with Crippen LogP contribution in [0.1, 0.15) is 13.3 Å². The number of nitro groups is 1. The van der Waals surface area contributed by atoms with Crippen molar-refractivity contribution in [3.8, 4) is 0 Å². The second-order valence-corrected chi connectivity index (χ2v) is 4.46. The van der Waals surface area contributed by atoms with Crippen molar-refractivity contribution in [1.29, 1.82) is 0 Å². The molecule has 17 heavy (non-hydrogen) atoms. The topological polar surface area (TPSA) is 90.2 Å². The van der Waals surface area contributed by atoms with E-state index in [1.807, 2.05) is 6.92 Å². The van der Waals surface area contributed by atoms with Gasteiger partial charge in [0.25, 0.3) is 0 Å². The average Bonchev–Trinajstić information content (AvgIpc) is 2.64. The van der Waals surface area contributed by atoms with Crippen molar-refractivity contribution in [3.63, 3.8) is 0 Å². The van der Waals surface area contributed by atoms with E-state index in [-0.39, 0.29) is 22.3 Å². The van der Waals surface area contributed by atoms with Gasteiger partial charge in [-0.1, -0.05) is 0 Å². The number of halogens is 1. The maximum atomic E-state index is 10.8. The summed E-state index contributed by atoms with van der Waals surface area (Å²) in [5, 5.41) is 13.8. The molecule has 1 aliphatic rings. The number of rotatable bonds is 3. The summed E-state index contributed by atoms with van der Waals surface area (Å²) in [6.07, 6.45) is 1.85. The molecule has 8 heteroatoms. The molecule has 1 unspecified atom stereocenters. The Morgan fingerprint density at radius 2 is 2.47 bits per heavy atom. The minimum absolute atomic E-state index is 0.0272. The summed E-state index contributed by atoms with van der Waals surface area (Å²) in [5.41, 5.74) is -0.551. The summed E-state index contributed by atoms with van der Waals surface area (Å²) in [4.78, 5) is 17.7. The predicted octanol–water partition coefficient (Wildman–Crippen LogP) is 1.63. The molecule has 0 radical (unpaired) electrons. The van der Waals surface area contributed by atoms with Crippen molar-refractivity contribution in [3.05, 3.63) is 21.6 Å². The summed E-state index contributed by atoms with van der Waals surface area (Å²) < 4.78 is 5.25. The lowest BCUT2D eigenvalue weighted by Crippen LogP contribution is -2.35. The molecule has 0 spiro atoms. The van der Waals surface area contributed by atoms with Crippen LogP contribution in [0.4, 0.5) is 11.5 Å². The van der Waals surface area contributed by atoms with Gasteiger partial charge in [0.05, 0.1) is 17.1 Å². The molecule has 7 nitrogen and oxygen atoms in total. The minimum Gasteiger partial charge on any atom is -0.379 e. The fourth-order valence-corrected chi connectivity index (χ4v) is 1.76. The molecule has 1 saturated heterocycles. The number of anilines is 1.